The third kappa shape index (κ3) is 16.8. The predicted molar refractivity (Wildman–Crippen MR) is 174 cm³/mol. The Morgan fingerprint density at radius 2 is 0.913 bits per heavy atom. The van der Waals surface area contributed by atoms with Crippen LogP contribution in [0.2, 0.25) is 0 Å². The first-order valence-corrected chi connectivity index (χ1v) is 16.5. The molecule has 0 amide bonds. The van der Waals surface area contributed by atoms with E-state index in [1.807, 2.05) is 90.9 Å². The number of esters is 3. The fourth-order valence-electron chi connectivity index (χ4n) is 5.21. The highest BCUT2D eigenvalue weighted by Crippen LogP contribution is 2.21. The zero-order valence-electron chi connectivity index (χ0n) is 30.3. The Morgan fingerprint density at radius 3 is 1.24 bits per heavy atom. The summed E-state index contributed by atoms with van der Waals surface area (Å²) in [5, 5.41) is 11.1. The van der Waals surface area contributed by atoms with E-state index in [9.17, 15) is 19.5 Å². The summed E-state index contributed by atoms with van der Waals surface area (Å²) in [7, 11) is 0. The molecule has 0 radical (unpaired) electrons. The van der Waals surface area contributed by atoms with Gasteiger partial charge >= 0.3 is 17.9 Å². The number of aliphatic hydroxyl groups excluding tert-OH is 1. The number of aliphatic hydroxyl groups is 1. The molecule has 0 aromatic heterocycles. The summed E-state index contributed by atoms with van der Waals surface area (Å²) >= 11 is 0. The average molecular weight is 659 g/mol. The predicted octanol–water partition coefficient (Wildman–Crippen LogP) is 1.75. The maximum absolute atomic E-state index is 12.9. The number of rotatable bonds is 7. The summed E-state index contributed by atoms with van der Waals surface area (Å²) in [4.78, 5) is 46.9. The fourth-order valence-corrected chi connectivity index (χ4v) is 5.21. The number of nitrogens with zero attached hydrogens (tertiary/aromatic N) is 4. The highest BCUT2D eigenvalue weighted by atomic mass is 16.7. The van der Waals surface area contributed by atoms with Gasteiger partial charge in [-0.05, 0) is 76.2 Å². The molecule has 2 aliphatic heterocycles. The second-order valence-electron chi connectivity index (χ2n) is 15.8. The molecule has 46 heavy (non-hydrogen) atoms. The topological polar surface area (TPSA) is 131 Å². The van der Waals surface area contributed by atoms with Crippen LogP contribution in [-0.2, 0) is 38.1 Å². The maximum atomic E-state index is 12.9. The van der Waals surface area contributed by atoms with Crippen LogP contribution in [0.5, 0.6) is 0 Å². The molecule has 2 saturated heterocycles. The molecule has 0 unspecified atom stereocenters. The zero-order chi connectivity index (χ0) is 34.9. The number of hydrogen-bond donors (Lipinski definition) is 1. The molecule has 2 heterocycles. The van der Waals surface area contributed by atoms with Crippen molar-refractivity contribution in [1.82, 2.24) is 19.6 Å². The Morgan fingerprint density at radius 1 is 0.609 bits per heavy atom. The lowest BCUT2D eigenvalue weighted by molar-refractivity contribution is -0.204. The van der Waals surface area contributed by atoms with Crippen molar-refractivity contribution in [2.45, 2.75) is 111 Å². The molecule has 2 rings (SSSR count). The van der Waals surface area contributed by atoms with Gasteiger partial charge in [0.15, 0.2) is 5.79 Å². The Labute approximate surface area is 276 Å². The Hall–Kier alpha value is -1.87. The van der Waals surface area contributed by atoms with Crippen molar-refractivity contribution in [3.05, 3.63) is 0 Å². The van der Waals surface area contributed by atoms with Crippen molar-refractivity contribution in [2.24, 2.45) is 0 Å². The maximum Gasteiger partial charge on any atom is 0.320 e. The van der Waals surface area contributed by atoms with Crippen LogP contribution >= 0.6 is 0 Å². The number of hydrogen-bond acceptors (Lipinski definition) is 13. The molecule has 1 N–H and O–H groups in total. The molecule has 268 valence electrons. The summed E-state index contributed by atoms with van der Waals surface area (Å²) in [5.74, 6) is -1.83. The lowest BCUT2D eigenvalue weighted by atomic mass is 10.1. The highest BCUT2D eigenvalue weighted by Gasteiger charge is 2.35. The molecular weight excluding hydrogens is 596 g/mol. The molecule has 13 heteroatoms. The van der Waals surface area contributed by atoms with Gasteiger partial charge in [0.2, 0.25) is 0 Å². The van der Waals surface area contributed by atoms with Gasteiger partial charge in [0.05, 0.1) is 45.0 Å². The average Bonchev–Trinajstić information content (AvgIpc) is 2.98. The van der Waals surface area contributed by atoms with Gasteiger partial charge in [-0.3, -0.25) is 34.0 Å². The second-order valence-corrected chi connectivity index (χ2v) is 15.8. The van der Waals surface area contributed by atoms with Crippen LogP contribution in [0.15, 0.2) is 0 Å². The minimum absolute atomic E-state index is 0.0747. The monoisotopic (exact) mass is 658 g/mol. The molecule has 0 aromatic rings. The van der Waals surface area contributed by atoms with Crippen LogP contribution in [0.25, 0.3) is 0 Å². The van der Waals surface area contributed by atoms with Crippen LogP contribution in [0.3, 0.4) is 0 Å². The Balaban J connectivity index is 2.35. The third-order valence-corrected chi connectivity index (χ3v) is 7.31. The third-order valence-electron chi connectivity index (χ3n) is 7.31. The van der Waals surface area contributed by atoms with Gasteiger partial charge < -0.3 is 28.8 Å². The molecule has 2 aliphatic rings. The van der Waals surface area contributed by atoms with Gasteiger partial charge in [-0.15, -0.1) is 0 Å². The lowest BCUT2D eigenvalue weighted by Gasteiger charge is -2.38. The molecule has 0 spiro atoms. The lowest BCUT2D eigenvalue weighted by Crippen LogP contribution is -2.54. The normalized spacial score (nSPS) is 24.3. The van der Waals surface area contributed by atoms with Gasteiger partial charge in [0.25, 0.3) is 0 Å². The van der Waals surface area contributed by atoms with Crippen LogP contribution in [0.1, 0.15) is 76.2 Å². The van der Waals surface area contributed by atoms with E-state index >= 15 is 0 Å². The standard InChI is InChI=1S/C33H62N4O9/c1-30(2,3)44-27(39)20-34-12-14-35(21-28(40)45-31(4,5)6)16-18-37(25-23-42-33(10,11)43-24-26(25)38)19-17-36(15-13-34)22-29(41)46-32(7,8)9/h25-26,38H,12-24H2,1-11H3/t25-,26-/m1/s1. The van der Waals surface area contributed by atoms with E-state index in [0.29, 0.717) is 52.4 Å². The van der Waals surface area contributed by atoms with Crippen molar-refractivity contribution < 1.29 is 43.2 Å². The van der Waals surface area contributed by atoms with E-state index in [0.717, 1.165) is 0 Å². The molecule has 0 aliphatic carbocycles. The molecule has 0 aromatic carbocycles. The Bertz CT molecular complexity index is 941. The zero-order valence-corrected chi connectivity index (χ0v) is 30.3. The van der Waals surface area contributed by atoms with Crippen LogP contribution in [0, 0.1) is 0 Å². The molecular formula is C33H62N4O9. The number of ether oxygens (including phenoxy) is 5. The molecule has 13 nitrogen and oxygen atoms in total. The summed E-state index contributed by atoms with van der Waals surface area (Å²) in [6.07, 6.45) is -0.794. The first kappa shape index (κ1) is 40.3. The van der Waals surface area contributed by atoms with Gasteiger partial charge in [-0.2, -0.15) is 0 Å². The van der Waals surface area contributed by atoms with Crippen molar-refractivity contribution in [3.8, 4) is 0 Å². The van der Waals surface area contributed by atoms with E-state index in [1.54, 1.807) is 0 Å². The number of carbonyl (C=O) groups is 3. The van der Waals surface area contributed by atoms with E-state index < -0.39 is 28.7 Å². The highest BCUT2D eigenvalue weighted by molar-refractivity contribution is 5.73. The quantitative estimate of drug-likeness (QED) is 0.315. The van der Waals surface area contributed by atoms with Crippen molar-refractivity contribution in [3.63, 3.8) is 0 Å². The first-order chi connectivity index (χ1) is 21.0. The SMILES string of the molecule is CC(C)(C)OC(=O)CN1CCN(CC(=O)OC(C)(C)C)CCN([C@@H]2COC(C)(C)OC[C@H]2O)CCN(CC(=O)OC(C)(C)C)CC1. The molecule has 2 fully saturated rings. The van der Waals surface area contributed by atoms with Gasteiger partial charge in [0, 0.05) is 52.4 Å². The van der Waals surface area contributed by atoms with E-state index in [-0.39, 0.29) is 56.8 Å². The van der Waals surface area contributed by atoms with Gasteiger partial charge in [-0.1, -0.05) is 0 Å². The van der Waals surface area contributed by atoms with E-state index in [2.05, 4.69) is 4.90 Å². The van der Waals surface area contributed by atoms with Crippen LogP contribution in [-0.4, -0.2) is 163 Å². The van der Waals surface area contributed by atoms with Crippen molar-refractivity contribution in [2.75, 3.05) is 85.2 Å². The minimum Gasteiger partial charge on any atom is -0.459 e. The molecule has 2 atom stereocenters. The summed E-state index contributed by atoms with van der Waals surface area (Å²) in [6, 6.07) is -0.361. The van der Waals surface area contributed by atoms with Gasteiger partial charge in [0.1, 0.15) is 16.8 Å². The van der Waals surface area contributed by atoms with E-state index in [1.165, 1.54) is 0 Å². The van der Waals surface area contributed by atoms with E-state index in [4.69, 9.17) is 23.7 Å². The van der Waals surface area contributed by atoms with Crippen LogP contribution in [0.4, 0.5) is 0 Å². The number of carbonyl (C=O) groups excluding carboxylic acids is 3. The molecule has 0 bridgehead atoms. The fraction of sp³-hybridized carbons (Fsp3) is 0.909. The summed E-state index contributed by atoms with van der Waals surface area (Å²) < 4.78 is 28.7. The molecule has 0 saturated carbocycles. The minimum atomic E-state index is -0.828. The van der Waals surface area contributed by atoms with Gasteiger partial charge in [-0.25, -0.2) is 0 Å². The smallest absolute Gasteiger partial charge is 0.320 e. The largest absolute Gasteiger partial charge is 0.459 e. The first-order valence-electron chi connectivity index (χ1n) is 16.5. The van der Waals surface area contributed by atoms with Crippen molar-refractivity contribution >= 4 is 17.9 Å². The van der Waals surface area contributed by atoms with Crippen molar-refractivity contribution in [1.29, 1.82) is 0 Å². The second kappa shape index (κ2) is 17.0. The summed E-state index contributed by atoms with van der Waals surface area (Å²) in [5.41, 5.74) is -1.86. The Kier molecular flexibility index (Phi) is 14.9. The van der Waals surface area contributed by atoms with Crippen LogP contribution < -0.4 is 0 Å². The summed E-state index contributed by atoms with van der Waals surface area (Å²) in [6.45, 7) is 24.8.